The van der Waals surface area contributed by atoms with E-state index >= 15 is 0 Å². The molecule has 0 N–H and O–H groups in total. The summed E-state index contributed by atoms with van der Waals surface area (Å²) in [6, 6.07) is 0. The quantitative estimate of drug-likeness (QED) is 0.453. The van der Waals surface area contributed by atoms with Gasteiger partial charge in [0, 0.05) is 0 Å². The van der Waals surface area contributed by atoms with Gasteiger partial charge in [0.15, 0.2) is 0 Å². The average Bonchev–Trinajstić information content (AvgIpc) is 2.27. The maximum Gasteiger partial charge on any atom is -0.0409 e. The summed E-state index contributed by atoms with van der Waals surface area (Å²) in [5.41, 5.74) is 0. The predicted molar refractivity (Wildman–Crippen MR) is 80.3 cm³/mol. The monoisotopic (exact) mass is 240 g/mol. The van der Waals surface area contributed by atoms with Crippen LogP contribution in [0.1, 0.15) is 80.6 Å². The van der Waals surface area contributed by atoms with E-state index in [4.69, 9.17) is 0 Å². The predicted octanol–water partition coefficient (Wildman–Crippen LogP) is 6.16. The summed E-state index contributed by atoms with van der Waals surface area (Å²) in [6.45, 7) is 16.7. The minimum atomic E-state index is 0.841. The van der Waals surface area contributed by atoms with Crippen molar-refractivity contribution >= 4 is 0 Å². The Morgan fingerprint density at radius 3 is 1.65 bits per heavy atom. The molecule has 0 aromatic carbocycles. The van der Waals surface area contributed by atoms with Gasteiger partial charge in [-0.15, -0.1) is 0 Å². The van der Waals surface area contributed by atoms with E-state index in [-0.39, 0.29) is 0 Å². The van der Waals surface area contributed by atoms with Gasteiger partial charge >= 0.3 is 0 Å². The van der Waals surface area contributed by atoms with Crippen molar-refractivity contribution < 1.29 is 0 Å². The Hall–Kier alpha value is 0. The molecule has 104 valence electrons. The van der Waals surface area contributed by atoms with Crippen molar-refractivity contribution in [2.45, 2.75) is 80.6 Å². The minimum absolute atomic E-state index is 0.841. The first-order valence-electron chi connectivity index (χ1n) is 7.92. The average molecular weight is 240 g/mol. The van der Waals surface area contributed by atoms with Crippen LogP contribution in [0.4, 0.5) is 0 Å². The number of hydrogen-bond acceptors (Lipinski definition) is 0. The molecule has 0 fully saturated rings. The van der Waals surface area contributed by atoms with Crippen LogP contribution in [0.5, 0.6) is 0 Å². The Kier molecular flexibility index (Phi) is 9.00. The van der Waals surface area contributed by atoms with Gasteiger partial charge in [-0.2, -0.15) is 0 Å². The van der Waals surface area contributed by atoms with Crippen molar-refractivity contribution in [2.75, 3.05) is 0 Å². The van der Waals surface area contributed by atoms with E-state index in [0.717, 1.165) is 29.6 Å². The van der Waals surface area contributed by atoms with Gasteiger partial charge < -0.3 is 0 Å². The second-order valence-corrected chi connectivity index (χ2v) is 6.71. The maximum atomic E-state index is 2.46. The van der Waals surface area contributed by atoms with Gasteiger partial charge in [-0.25, -0.2) is 0 Å². The second-order valence-electron chi connectivity index (χ2n) is 6.71. The second kappa shape index (κ2) is 9.00. The molecule has 0 aliphatic heterocycles. The first kappa shape index (κ1) is 17.0. The van der Waals surface area contributed by atoms with Crippen molar-refractivity contribution in [1.29, 1.82) is 0 Å². The molecule has 0 heterocycles. The molecule has 0 bridgehead atoms. The molecule has 0 aliphatic carbocycles. The molecular formula is C17H36. The summed E-state index contributed by atoms with van der Waals surface area (Å²) in [6.07, 6.45) is 6.99. The van der Waals surface area contributed by atoms with Gasteiger partial charge in [0.25, 0.3) is 0 Å². The highest BCUT2D eigenvalue weighted by Crippen LogP contribution is 2.31. The highest BCUT2D eigenvalue weighted by Gasteiger charge is 2.19. The van der Waals surface area contributed by atoms with Crippen molar-refractivity contribution in [3.05, 3.63) is 0 Å². The van der Waals surface area contributed by atoms with E-state index < -0.39 is 0 Å². The maximum absolute atomic E-state index is 2.46. The van der Waals surface area contributed by atoms with Gasteiger partial charge in [0.1, 0.15) is 0 Å². The van der Waals surface area contributed by atoms with Crippen molar-refractivity contribution in [3.8, 4) is 0 Å². The number of hydrogen-bond donors (Lipinski definition) is 0. The van der Waals surface area contributed by atoms with Crippen LogP contribution in [0.15, 0.2) is 0 Å². The smallest absolute Gasteiger partial charge is 0.0409 e. The third-order valence-electron chi connectivity index (χ3n) is 4.86. The van der Waals surface area contributed by atoms with Crippen LogP contribution in [0.3, 0.4) is 0 Å². The molecule has 17 heavy (non-hydrogen) atoms. The van der Waals surface area contributed by atoms with E-state index in [9.17, 15) is 0 Å². The summed E-state index contributed by atoms with van der Waals surface area (Å²) in [7, 11) is 0. The van der Waals surface area contributed by atoms with Crippen molar-refractivity contribution in [1.82, 2.24) is 0 Å². The molecule has 0 rings (SSSR count). The summed E-state index contributed by atoms with van der Waals surface area (Å²) in [5.74, 6) is 4.48. The molecule has 4 unspecified atom stereocenters. The fourth-order valence-electron chi connectivity index (χ4n) is 2.70. The van der Waals surface area contributed by atoms with E-state index in [1.807, 2.05) is 0 Å². The Morgan fingerprint density at radius 1 is 0.706 bits per heavy atom. The van der Waals surface area contributed by atoms with Crippen molar-refractivity contribution in [2.24, 2.45) is 29.6 Å². The molecule has 0 aromatic rings. The Labute approximate surface area is 111 Å². The lowest BCUT2D eigenvalue weighted by Gasteiger charge is -2.28. The molecule has 0 radical (unpaired) electrons. The summed E-state index contributed by atoms with van der Waals surface area (Å²) in [4.78, 5) is 0. The molecule has 0 nitrogen and oxygen atoms in total. The Morgan fingerprint density at radius 2 is 1.24 bits per heavy atom. The fourth-order valence-corrected chi connectivity index (χ4v) is 2.70. The topological polar surface area (TPSA) is 0 Å². The molecule has 0 saturated carbocycles. The SMILES string of the molecule is CCCC(CC(C)C(C)C)CC(C)C(C)CC. The zero-order valence-corrected chi connectivity index (χ0v) is 13.4. The van der Waals surface area contributed by atoms with E-state index in [1.54, 1.807) is 0 Å². The standard InChI is InChI=1S/C17H36/c1-8-10-17(11-15(6)13(3)4)12-16(7)14(5)9-2/h13-17H,8-12H2,1-7H3. The number of rotatable bonds is 9. The van der Waals surface area contributed by atoms with Crippen molar-refractivity contribution in [3.63, 3.8) is 0 Å². The van der Waals surface area contributed by atoms with E-state index in [0.29, 0.717) is 0 Å². The highest BCUT2D eigenvalue weighted by molar-refractivity contribution is 4.71. The first-order valence-corrected chi connectivity index (χ1v) is 7.92. The molecule has 0 aromatic heterocycles. The molecule has 0 saturated heterocycles. The first-order chi connectivity index (χ1) is 7.92. The summed E-state index contributed by atoms with van der Waals surface area (Å²) >= 11 is 0. The lowest BCUT2D eigenvalue weighted by Crippen LogP contribution is -2.17. The third-order valence-corrected chi connectivity index (χ3v) is 4.86. The van der Waals surface area contributed by atoms with Crippen LogP contribution in [-0.2, 0) is 0 Å². The fraction of sp³-hybridized carbons (Fsp3) is 1.00. The third kappa shape index (κ3) is 7.11. The normalized spacial score (nSPS) is 19.1. The largest absolute Gasteiger partial charge is 0.0654 e. The molecule has 0 spiro atoms. The van der Waals surface area contributed by atoms with E-state index in [1.165, 1.54) is 32.1 Å². The van der Waals surface area contributed by atoms with Crippen LogP contribution < -0.4 is 0 Å². The molecule has 0 amide bonds. The van der Waals surface area contributed by atoms with Gasteiger partial charge in [0.05, 0.1) is 0 Å². The minimum Gasteiger partial charge on any atom is -0.0654 e. The molecular weight excluding hydrogens is 204 g/mol. The highest BCUT2D eigenvalue weighted by atomic mass is 14.3. The van der Waals surface area contributed by atoms with Gasteiger partial charge in [-0.05, 0) is 42.4 Å². The lowest BCUT2D eigenvalue weighted by atomic mass is 9.78. The molecule has 0 heteroatoms. The van der Waals surface area contributed by atoms with Gasteiger partial charge in [-0.3, -0.25) is 0 Å². The van der Waals surface area contributed by atoms with Crippen LogP contribution in [-0.4, -0.2) is 0 Å². The summed E-state index contributed by atoms with van der Waals surface area (Å²) in [5, 5.41) is 0. The van der Waals surface area contributed by atoms with Crippen LogP contribution in [0, 0.1) is 29.6 Å². The van der Waals surface area contributed by atoms with E-state index in [2.05, 4.69) is 48.5 Å². The molecule has 0 aliphatic rings. The van der Waals surface area contributed by atoms with Gasteiger partial charge in [0.2, 0.25) is 0 Å². The van der Waals surface area contributed by atoms with Crippen LogP contribution in [0.2, 0.25) is 0 Å². The summed E-state index contributed by atoms with van der Waals surface area (Å²) < 4.78 is 0. The Balaban J connectivity index is 4.22. The zero-order chi connectivity index (χ0) is 13.4. The Bertz CT molecular complexity index is 171. The van der Waals surface area contributed by atoms with Crippen LogP contribution >= 0.6 is 0 Å². The zero-order valence-electron chi connectivity index (χ0n) is 13.4. The van der Waals surface area contributed by atoms with Crippen LogP contribution in [0.25, 0.3) is 0 Å². The van der Waals surface area contributed by atoms with Gasteiger partial charge in [-0.1, -0.05) is 67.7 Å². The molecule has 4 atom stereocenters. The lowest BCUT2D eigenvalue weighted by molar-refractivity contribution is 0.234.